The summed E-state index contributed by atoms with van der Waals surface area (Å²) in [5.41, 5.74) is 1.61. The molecule has 0 unspecified atom stereocenters. The summed E-state index contributed by atoms with van der Waals surface area (Å²) in [5, 5.41) is 2.87. The summed E-state index contributed by atoms with van der Waals surface area (Å²) in [4.78, 5) is 12.0. The number of unbranched alkanes of at least 4 members (excludes halogenated alkanes) is 2. The number of aryl methyl sites for hydroxylation is 1. The summed E-state index contributed by atoms with van der Waals surface area (Å²) in [6, 6.07) is 5.56. The average Bonchev–Trinajstić information content (AvgIpc) is 2.38. The quantitative estimate of drug-likeness (QED) is 0.618. The maximum atomic E-state index is 12.0. The van der Waals surface area contributed by atoms with E-state index < -0.39 is 0 Å². The fourth-order valence-corrected chi connectivity index (χ4v) is 1.65. The summed E-state index contributed by atoms with van der Waals surface area (Å²) >= 11 is 0. The lowest BCUT2D eigenvalue weighted by Crippen LogP contribution is -2.25. The highest BCUT2D eigenvalue weighted by Gasteiger charge is 2.11. The highest BCUT2D eigenvalue weighted by atomic mass is 16.5. The predicted octanol–water partition coefficient (Wildman–Crippen LogP) is 2.54. The molecule has 0 aliphatic rings. The van der Waals surface area contributed by atoms with Crippen molar-refractivity contribution in [1.29, 1.82) is 0 Å². The predicted molar refractivity (Wildman–Crippen MR) is 72.7 cm³/mol. The molecule has 3 nitrogen and oxygen atoms in total. The molecule has 0 bridgehead atoms. The molecule has 0 aromatic heterocycles. The Morgan fingerprint density at radius 3 is 2.89 bits per heavy atom. The molecule has 0 atom stereocenters. The Labute approximate surface area is 109 Å². The van der Waals surface area contributed by atoms with Crippen LogP contribution in [0.4, 0.5) is 0 Å². The number of carbonyl (C=O) groups excluding carboxylic acids is 1. The van der Waals surface area contributed by atoms with E-state index in [-0.39, 0.29) is 5.91 Å². The molecule has 3 heteroatoms. The van der Waals surface area contributed by atoms with Crippen LogP contribution in [-0.4, -0.2) is 19.6 Å². The molecule has 0 fully saturated rings. The summed E-state index contributed by atoms with van der Waals surface area (Å²) in [6.07, 6.45) is 7.74. The first-order chi connectivity index (χ1) is 8.69. The average molecular weight is 245 g/mol. The van der Waals surface area contributed by atoms with Gasteiger partial charge >= 0.3 is 0 Å². The SMILES string of the molecule is C#CCCCCNC(=O)c1cc(C)ccc1OC. The Hall–Kier alpha value is -1.95. The lowest BCUT2D eigenvalue weighted by atomic mass is 10.1. The largest absolute Gasteiger partial charge is 0.496 e. The Kier molecular flexibility index (Phi) is 5.79. The van der Waals surface area contributed by atoms with Gasteiger partial charge in [-0.2, -0.15) is 0 Å². The van der Waals surface area contributed by atoms with Gasteiger partial charge in [-0.15, -0.1) is 12.3 Å². The highest BCUT2D eigenvalue weighted by Crippen LogP contribution is 2.19. The lowest BCUT2D eigenvalue weighted by Gasteiger charge is -2.09. The van der Waals surface area contributed by atoms with Gasteiger partial charge in [-0.3, -0.25) is 4.79 Å². The molecule has 18 heavy (non-hydrogen) atoms. The third-order valence-corrected chi connectivity index (χ3v) is 2.63. The number of ether oxygens (including phenoxy) is 1. The van der Waals surface area contributed by atoms with Gasteiger partial charge < -0.3 is 10.1 Å². The number of amides is 1. The van der Waals surface area contributed by atoms with Crippen molar-refractivity contribution in [2.75, 3.05) is 13.7 Å². The van der Waals surface area contributed by atoms with E-state index in [4.69, 9.17) is 11.2 Å². The first-order valence-electron chi connectivity index (χ1n) is 6.05. The molecule has 0 aliphatic heterocycles. The third kappa shape index (κ3) is 4.14. The normalized spacial score (nSPS) is 9.61. The number of nitrogens with one attached hydrogen (secondary N) is 1. The Morgan fingerprint density at radius 2 is 2.22 bits per heavy atom. The van der Waals surface area contributed by atoms with Crippen molar-refractivity contribution in [3.05, 3.63) is 29.3 Å². The van der Waals surface area contributed by atoms with Crippen molar-refractivity contribution >= 4 is 5.91 Å². The van der Waals surface area contributed by atoms with Crippen LogP contribution in [0, 0.1) is 19.3 Å². The van der Waals surface area contributed by atoms with Crippen LogP contribution in [0.25, 0.3) is 0 Å². The van der Waals surface area contributed by atoms with E-state index in [1.54, 1.807) is 7.11 Å². The van der Waals surface area contributed by atoms with E-state index in [0.717, 1.165) is 24.8 Å². The second-order valence-electron chi connectivity index (χ2n) is 4.12. The second kappa shape index (κ2) is 7.39. The van der Waals surface area contributed by atoms with E-state index in [9.17, 15) is 4.79 Å². The van der Waals surface area contributed by atoms with Gasteiger partial charge in [0.2, 0.25) is 0 Å². The number of methoxy groups -OCH3 is 1. The zero-order valence-electron chi connectivity index (χ0n) is 11.0. The number of hydrogen-bond donors (Lipinski definition) is 1. The van der Waals surface area contributed by atoms with Crippen molar-refractivity contribution < 1.29 is 9.53 Å². The van der Waals surface area contributed by atoms with Gasteiger partial charge in [-0.05, 0) is 31.9 Å². The van der Waals surface area contributed by atoms with Gasteiger partial charge in [0.25, 0.3) is 5.91 Å². The first-order valence-corrected chi connectivity index (χ1v) is 6.05. The van der Waals surface area contributed by atoms with Crippen LogP contribution >= 0.6 is 0 Å². The molecule has 96 valence electrons. The molecule has 1 rings (SSSR count). The maximum absolute atomic E-state index is 12.0. The van der Waals surface area contributed by atoms with Gasteiger partial charge in [0.1, 0.15) is 5.75 Å². The Bertz CT molecular complexity index is 446. The molecular formula is C15H19NO2. The molecule has 1 aromatic carbocycles. The molecule has 0 saturated carbocycles. The number of benzene rings is 1. The van der Waals surface area contributed by atoms with Crippen LogP contribution in [0.5, 0.6) is 5.75 Å². The first kappa shape index (κ1) is 14.1. The molecule has 0 aliphatic carbocycles. The van der Waals surface area contributed by atoms with Crippen molar-refractivity contribution in [1.82, 2.24) is 5.32 Å². The Balaban J connectivity index is 2.56. The van der Waals surface area contributed by atoms with E-state index in [1.165, 1.54) is 0 Å². The van der Waals surface area contributed by atoms with E-state index in [2.05, 4.69) is 11.2 Å². The molecule has 0 saturated heterocycles. The smallest absolute Gasteiger partial charge is 0.255 e. The fourth-order valence-electron chi connectivity index (χ4n) is 1.65. The topological polar surface area (TPSA) is 38.3 Å². The molecule has 0 heterocycles. The molecular weight excluding hydrogens is 226 g/mol. The zero-order chi connectivity index (χ0) is 13.4. The van der Waals surface area contributed by atoms with Crippen LogP contribution in [-0.2, 0) is 0 Å². The summed E-state index contributed by atoms with van der Waals surface area (Å²) < 4.78 is 5.18. The van der Waals surface area contributed by atoms with Crippen molar-refractivity contribution in [2.24, 2.45) is 0 Å². The second-order valence-corrected chi connectivity index (χ2v) is 4.12. The minimum atomic E-state index is -0.101. The number of hydrogen-bond acceptors (Lipinski definition) is 2. The summed E-state index contributed by atoms with van der Waals surface area (Å²) in [7, 11) is 1.56. The molecule has 1 aromatic rings. The van der Waals surface area contributed by atoms with Crippen LogP contribution in [0.15, 0.2) is 18.2 Å². The van der Waals surface area contributed by atoms with Crippen LogP contribution in [0.3, 0.4) is 0 Å². The number of rotatable bonds is 6. The highest BCUT2D eigenvalue weighted by molar-refractivity contribution is 5.97. The van der Waals surface area contributed by atoms with Crippen molar-refractivity contribution in [3.63, 3.8) is 0 Å². The van der Waals surface area contributed by atoms with E-state index in [1.807, 2.05) is 25.1 Å². The molecule has 1 N–H and O–H groups in total. The van der Waals surface area contributed by atoms with Crippen LogP contribution in [0.2, 0.25) is 0 Å². The maximum Gasteiger partial charge on any atom is 0.255 e. The molecule has 0 radical (unpaired) electrons. The van der Waals surface area contributed by atoms with Crippen LogP contribution in [0.1, 0.15) is 35.2 Å². The molecule has 0 spiro atoms. The number of carbonyl (C=O) groups is 1. The summed E-state index contributed by atoms with van der Waals surface area (Å²) in [6.45, 7) is 2.58. The Morgan fingerprint density at radius 1 is 1.44 bits per heavy atom. The third-order valence-electron chi connectivity index (χ3n) is 2.63. The monoisotopic (exact) mass is 245 g/mol. The van der Waals surface area contributed by atoms with Gasteiger partial charge in [0.05, 0.1) is 12.7 Å². The molecule has 1 amide bonds. The lowest BCUT2D eigenvalue weighted by molar-refractivity contribution is 0.0950. The van der Waals surface area contributed by atoms with E-state index in [0.29, 0.717) is 17.9 Å². The van der Waals surface area contributed by atoms with Crippen molar-refractivity contribution in [3.8, 4) is 18.1 Å². The fraction of sp³-hybridized carbons (Fsp3) is 0.400. The van der Waals surface area contributed by atoms with Gasteiger partial charge in [-0.1, -0.05) is 11.6 Å². The standard InChI is InChI=1S/C15H19NO2/c1-4-5-6-7-10-16-15(17)13-11-12(2)8-9-14(13)18-3/h1,8-9,11H,5-7,10H2,2-3H3,(H,16,17). The zero-order valence-corrected chi connectivity index (χ0v) is 11.0. The van der Waals surface area contributed by atoms with Gasteiger partial charge in [0, 0.05) is 13.0 Å². The van der Waals surface area contributed by atoms with Gasteiger partial charge in [0.15, 0.2) is 0 Å². The van der Waals surface area contributed by atoms with E-state index >= 15 is 0 Å². The van der Waals surface area contributed by atoms with Crippen molar-refractivity contribution in [2.45, 2.75) is 26.2 Å². The number of terminal acetylenes is 1. The van der Waals surface area contributed by atoms with Crippen LogP contribution < -0.4 is 10.1 Å². The van der Waals surface area contributed by atoms with Gasteiger partial charge in [-0.25, -0.2) is 0 Å². The minimum absolute atomic E-state index is 0.101. The summed E-state index contributed by atoms with van der Waals surface area (Å²) in [5.74, 6) is 3.08. The minimum Gasteiger partial charge on any atom is -0.496 e.